The normalized spacial score (nSPS) is 29.0. The Balaban J connectivity index is 1.98. The lowest BCUT2D eigenvalue weighted by atomic mass is 10.1. The number of piperidine rings is 1. The molecule has 0 aromatic heterocycles. The van der Waals surface area contributed by atoms with E-state index in [1.165, 1.54) is 30.5 Å². The molecular weight excluding hydrogens is 250 g/mol. The second kappa shape index (κ2) is 5.55. The largest absolute Gasteiger partial charge is 0.299 e. The molecule has 5 nitrogen and oxygen atoms in total. The number of likely N-dealkylation sites (tertiary alicyclic amines) is 1. The second-order valence-corrected chi connectivity index (χ2v) is 7.47. The van der Waals surface area contributed by atoms with Crippen molar-refractivity contribution < 1.29 is 8.42 Å². The lowest BCUT2D eigenvalue weighted by Crippen LogP contribution is -2.42. The lowest BCUT2D eigenvalue weighted by Gasteiger charge is -2.32. The molecule has 102 valence electrons. The minimum absolute atomic E-state index is 0.353. The summed E-state index contributed by atoms with van der Waals surface area (Å²) < 4.78 is 25.7. The van der Waals surface area contributed by atoms with Gasteiger partial charge in [-0.2, -0.15) is 9.57 Å². The Labute approximate surface area is 109 Å². The molecule has 0 bridgehead atoms. The Hall–Kier alpha value is -0.640. The van der Waals surface area contributed by atoms with Crippen molar-refractivity contribution in [1.82, 2.24) is 9.21 Å². The number of nitrogens with zero attached hydrogens (tertiary/aromatic N) is 3. The Bertz CT molecular complexity index is 423. The minimum atomic E-state index is -3.41. The van der Waals surface area contributed by atoms with E-state index in [1.54, 1.807) is 0 Å². The summed E-state index contributed by atoms with van der Waals surface area (Å²) in [7, 11) is -3.41. The first-order valence-corrected chi connectivity index (χ1v) is 8.18. The van der Waals surface area contributed by atoms with Gasteiger partial charge in [-0.1, -0.05) is 6.42 Å². The van der Waals surface area contributed by atoms with Gasteiger partial charge in [-0.25, -0.2) is 8.42 Å². The zero-order chi connectivity index (χ0) is 13.2. The maximum atomic E-state index is 12.1. The van der Waals surface area contributed by atoms with E-state index < -0.39 is 15.3 Å². The fourth-order valence-electron chi connectivity index (χ4n) is 2.81. The van der Waals surface area contributed by atoms with Crippen molar-refractivity contribution in [2.75, 3.05) is 26.2 Å². The monoisotopic (exact) mass is 271 g/mol. The molecule has 2 saturated heterocycles. The van der Waals surface area contributed by atoms with Crippen LogP contribution in [0.2, 0.25) is 0 Å². The Morgan fingerprint density at radius 3 is 2.50 bits per heavy atom. The van der Waals surface area contributed by atoms with Gasteiger partial charge in [0.1, 0.15) is 0 Å². The summed E-state index contributed by atoms with van der Waals surface area (Å²) in [5.41, 5.74) is 0. The van der Waals surface area contributed by atoms with Gasteiger partial charge in [0.2, 0.25) is 10.0 Å². The van der Waals surface area contributed by atoms with Crippen LogP contribution in [0.3, 0.4) is 0 Å². The van der Waals surface area contributed by atoms with Crippen LogP contribution in [0.25, 0.3) is 0 Å². The Morgan fingerprint density at radius 1 is 1.22 bits per heavy atom. The van der Waals surface area contributed by atoms with Crippen LogP contribution in [0, 0.1) is 11.3 Å². The van der Waals surface area contributed by atoms with Crippen molar-refractivity contribution in [3.63, 3.8) is 0 Å². The van der Waals surface area contributed by atoms with Gasteiger partial charge >= 0.3 is 0 Å². The number of sulfonamides is 1. The maximum absolute atomic E-state index is 12.1. The predicted octanol–water partition coefficient (Wildman–Crippen LogP) is 0.788. The summed E-state index contributed by atoms with van der Waals surface area (Å²) in [4.78, 5) is 2.41. The van der Waals surface area contributed by atoms with E-state index in [9.17, 15) is 8.42 Å². The highest BCUT2D eigenvalue weighted by molar-refractivity contribution is 7.89. The number of hydrogen-bond donors (Lipinski definition) is 0. The van der Waals surface area contributed by atoms with Crippen LogP contribution in [0.5, 0.6) is 0 Å². The third-order valence-corrected chi connectivity index (χ3v) is 6.07. The maximum Gasteiger partial charge on any atom is 0.230 e. The fourth-order valence-corrected chi connectivity index (χ4v) is 4.13. The highest BCUT2D eigenvalue weighted by Gasteiger charge is 2.37. The standard InChI is InChI=1S/C12H21N3O2S/c1-11(9-13)18(16,17)15-8-5-12(10-15)14-6-3-2-4-7-14/h11-12H,2-8,10H2,1H3. The van der Waals surface area contributed by atoms with E-state index in [4.69, 9.17) is 5.26 Å². The topological polar surface area (TPSA) is 64.4 Å². The molecule has 0 radical (unpaired) electrons. The van der Waals surface area contributed by atoms with E-state index in [0.717, 1.165) is 19.5 Å². The number of nitriles is 1. The molecule has 2 rings (SSSR count). The zero-order valence-corrected chi connectivity index (χ0v) is 11.7. The Kier molecular flexibility index (Phi) is 4.25. The highest BCUT2D eigenvalue weighted by atomic mass is 32.2. The molecule has 18 heavy (non-hydrogen) atoms. The predicted molar refractivity (Wildman–Crippen MR) is 69.4 cm³/mol. The van der Waals surface area contributed by atoms with E-state index in [-0.39, 0.29) is 0 Å². The van der Waals surface area contributed by atoms with E-state index in [1.807, 2.05) is 6.07 Å². The van der Waals surface area contributed by atoms with Crippen molar-refractivity contribution in [3.8, 4) is 6.07 Å². The third kappa shape index (κ3) is 2.68. The minimum Gasteiger partial charge on any atom is -0.299 e. The molecule has 0 aromatic carbocycles. The van der Waals surface area contributed by atoms with Crippen LogP contribution in [0.15, 0.2) is 0 Å². The number of hydrogen-bond acceptors (Lipinski definition) is 4. The summed E-state index contributed by atoms with van der Waals surface area (Å²) >= 11 is 0. The molecule has 0 spiro atoms. The lowest BCUT2D eigenvalue weighted by molar-refractivity contribution is 0.169. The van der Waals surface area contributed by atoms with Crippen molar-refractivity contribution in [1.29, 1.82) is 5.26 Å². The molecule has 2 fully saturated rings. The van der Waals surface area contributed by atoms with Gasteiger partial charge < -0.3 is 0 Å². The smallest absolute Gasteiger partial charge is 0.230 e. The molecule has 2 atom stereocenters. The molecule has 2 heterocycles. The second-order valence-electron chi connectivity index (χ2n) is 5.21. The number of rotatable bonds is 3. The fraction of sp³-hybridized carbons (Fsp3) is 0.917. The van der Waals surface area contributed by atoms with Crippen LogP contribution < -0.4 is 0 Å². The van der Waals surface area contributed by atoms with E-state index in [2.05, 4.69) is 4.90 Å². The first kappa shape index (κ1) is 13.8. The SMILES string of the molecule is CC(C#N)S(=O)(=O)N1CCC(N2CCCCC2)C1. The molecule has 0 aromatic rings. The van der Waals surface area contributed by atoms with E-state index >= 15 is 0 Å². The molecule has 0 N–H and O–H groups in total. The molecule has 2 aliphatic rings. The molecule has 0 amide bonds. The van der Waals surface area contributed by atoms with Gasteiger partial charge in [0.05, 0.1) is 6.07 Å². The third-order valence-electron chi connectivity index (χ3n) is 4.02. The van der Waals surface area contributed by atoms with Crippen LogP contribution >= 0.6 is 0 Å². The summed E-state index contributed by atoms with van der Waals surface area (Å²) in [5, 5.41) is 7.85. The molecular formula is C12H21N3O2S. The van der Waals surface area contributed by atoms with Crippen LogP contribution in [0.1, 0.15) is 32.6 Å². The van der Waals surface area contributed by atoms with Crippen molar-refractivity contribution in [2.24, 2.45) is 0 Å². The first-order valence-electron chi connectivity index (χ1n) is 6.68. The van der Waals surface area contributed by atoms with Crippen LogP contribution in [0.4, 0.5) is 0 Å². The van der Waals surface area contributed by atoms with Crippen molar-refractivity contribution >= 4 is 10.0 Å². The molecule has 2 unspecified atom stereocenters. The van der Waals surface area contributed by atoms with Crippen molar-refractivity contribution in [2.45, 2.75) is 43.9 Å². The molecule has 0 aliphatic carbocycles. The first-order chi connectivity index (χ1) is 8.55. The highest BCUT2D eigenvalue weighted by Crippen LogP contribution is 2.23. The van der Waals surface area contributed by atoms with Gasteiger partial charge in [-0.05, 0) is 39.3 Å². The average Bonchev–Trinajstić information content (AvgIpc) is 2.89. The van der Waals surface area contributed by atoms with Gasteiger partial charge in [-0.15, -0.1) is 0 Å². The summed E-state index contributed by atoms with van der Waals surface area (Å²) in [6.07, 6.45) is 4.63. The summed E-state index contributed by atoms with van der Waals surface area (Å²) in [6, 6.07) is 2.19. The zero-order valence-electron chi connectivity index (χ0n) is 10.9. The summed E-state index contributed by atoms with van der Waals surface area (Å²) in [5.74, 6) is 0. The molecule has 0 saturated carbocycles. The molecule has 6 heteroatoms. The van der Waals surface area contributed by atoms with Crippen LogP contribution in [-0.4, -0.2) is 55.1 Å². The van der Waals surface area contributed by atoms with Crippen molar-refractivity contribution in [3.05, 3.63) is 0 Å². The van der Waals surface area contributed by atoms with Crippen LogP contribution in [-0.2, 0) is 10.0 Å². The quantitative estimate of drug-likeness (QED) is 0.761. The van der Waals surface area contributed by atoms with Gasteiger partial charge in [-0.3, -0.25) is 4.90 Å². The molecule has 2 aliphatic heterocycles. The van der Waals surface area contributed by atoms with E-state index in [0.29, 0.717) is 19.1 Å². The van der Waals surface area contributed by atoms with Gasteiger partial charge in [0.15, 0.2) is 5.25 Å². The average molecular weight is 271 g/mol. The van der Waals surface area contributed by atoms with Gasteiger partial charge in [0, 0.05) is 19.1 Å². The van der Waals surface area contributed by atoms with Gasteiger partial charge in [0.25, 0.3) is 0 Å². The summed E-state index contributed by atoms with van der Waals surface area (Å²) in [6.45, 7) is 4.77. The Morgan fingerprint density at radius 2 is 1.89 bits per heavy atom.